The van der Waals surface area contributed by atoms with Gasteiger partial charge in [-0.2, -0.15) is 0 Å². The molecule has 0 unspecified atom stereocenters. The highest BCUT2D eigenvalue weighted by Gasteiger charge is 2.44. The topological polar surface area (TPSA) is 142 Å². The Morgan fingerprint density at radius 3 is 2.56 bits per heavy atom. The van der Waals surface area contributed by atoms with E-state index < -0.39 is 42.4 Å². The Bertz CT molecular complexity index is 904. The average molecular weight is 348 g/mol. The molecular weight excluding hydrogens is 332 g/mol. The van der Waals surface area contributed by atoms with E-state index in [9.17, 15) is 29.7 Å². The van der Waals surface area contributed by atoms with Crippen LogP contribution >= 0.6 is 0 Å². The van der Waals surface area contributed by atoms with Gasteiger partial charge < -0.3 is 20.1 Å². The number of rotatable bonds is 4. The number of nitrogens with zero attached hydrogens (tertiary/aromatic N) is 1. The third-order valence-corrected chi connectivity index (χ3v) is 4.11. The highest BCUT2D eigenvalue weighted by molar-refractivity contribution is 5.86. The Morgan fingerprint density at radius 1 is 1.20 bits per heavy atom. The van der Waals surface area contributed by atoms with E-state index in [1.54, 1.807) is 12.1 Å². The molecule has 25 heavy (non-hydrogen) atoms. The molecule has 0 spiro atoms. The molecule has 1 aromatic carbocycles. The first-order valence-electron chi connectivity index (χ1n) is 7.51. The van der Waals surface area contributed by atoms with Crippen molar-refractivity contribution in [2.45, 2.75) is 24.5 Å². The van der Waals surface area contributed by atoms with Crippen LogP contribution in [0.3, 0.4) is 0 Å². The van der Waals surface area contributed by atoms with E-state index in [2.05, 4.69) is 4.98 Å². The van der Waals surface area contributed by atoms with Crippen LogP contribution in [0.4, 0.5) is 0 Å². The number of carbonyl (C=O) groups excluding carboxylic acids is 1. The second-order valence-electron chi connectivity index (χ2n) is 5.63. The van der Waals surface area contributed by atoms with Gasteiger partial charge in [0.05, 0.1) is 12.3 Å². The molecule has 2 heterocycles. The summed E-state index contributed by atoms with van der Waals surface area (Å²) in [5, 5.41) is 29.3. The quantitative estimate of drug-likeness (QED) is 0.499. The lowest BCUT2D eigenvalue weighted by Crippen LogP contribution is -2.39. The van der Waals surface area contributed by atoms with Crippen molar-refractivity contribution >= 4 is 6.29 Å². The summed E-state index contributed by atoms with van der Waals surface area (Å²) in [4.78, 5) is 37.5. The first-order valence-corrected chi connectivity index (χ1v) is 7.51. The number of hydrogen-bond donors (Lipinski definition) is 4. The van der Waals surface area contributed by atoms with Gasteiger partial charge in [0.1, 0.15) is 18.3 Å². The zero-order valence-electron chi connectivity index (χ0n) is 12.9. The van der Waals surface area contributed by atoms with Crippen molar-refractivity contribution < 1.29 is 24.9 Å². The smallest absolute Gasteiger partial charge is 0.331 e. The van der Waals surface area contributed by atoms with Gasteiger partial charge in [-0.15, -0.1) is 0 Å². The van der Waals surface area contributed by atoms with Gasteiger partial charge in [0.15, 0.2) is 12.5 Å². The lowest BCUT2D eigenvalue weighted by molar-refractivity contribution is -0.0541. The van der Waals surface area contributed by atoms with E-state index in [0.717, 1.165) is 10.6 Å². The van der Waals surface area contributed by atoms with Crippen molar-refractivity contribution in [1.82, 2.24) is 9.55 Å². The fourth-order valence-corrected chi connectivity index (χ4v) is 2.89. The molecule has 1 aliphatic heterocycles. The normalized spacial score (nSPS) is 25.9. The summed E-state index contributed by atoms with van der Waals surface area (Å²) < 4.78 is 6.33. The van der Waals surface area contributed by atoms with Crippen molar-refractivity contribution in [2.24, 2.45) is 0 Å². The minimum absolute atomic E-state index is 0.0475. The zero-order chi connectivity index (χ0) is 18.1. The Hall–Kier alpha value is -2.59. The van der Waals surface area contributed by atoms with Crippen LogP contribution in [-0.2, 0) is 4.74 Å². The van der Waals surface area contributed by atoms with Gasteiger partial charge in [0.25, 0.3) is 5.56 Å². The molecule has 0 bridgehead atoms. The van der Waals surface area contributed by atoms with Crippen molar-refractivity contribution in [2.75, 3.05) is 6.61 Å². The Morgan fingerprint density at radius 2 is 1.92 bits per heavy atom. The molecular formula is C16H16N2O7. The number of aliphatic hydroxyl groups is 3. The largest absolute Gasteiger partial charge is 0.394 e. The van der Waals surface area contributed by atoms with Crippen LogP contribution in [-0.4, -0.2) is 56.1 Å². The molecule has 0 aliphatic carbocycles. The van der Waals surface area contributed by atoms with Gasteiger partial charge in [0, 0.05) is 17.2 Å². The van der Waals surface area contributed by atoms with Crippen LogP contribution in [0.15, 0.2) is 39.9 Å². The number of aromatic amines is 1. The third kappa shape index (κ3) is 2.94. The lowest BCUT2D eigenvalue weighted by Gasteiger charge is -2.21. The van der Waals surface area contributed by atoms with Gasteiger partial charge in [0.2, 0.25) is 0 Å². The zero-order valence-corrected chi connectivity index (χ0v) is 12.9. The molecule has 0 saturated carbocycles. The van der Waals surface area contributed by atoms with Crippen LogP contribution in [0.2, 0.25) is 0 Å². The standard InChI is InChI=1S/C16H16N2O7/c19-6-8-3-1-2-4-9(8)10-5-12(21)17-16(24)18(10)15-14(23)13(22)11(7-20)25-15/h1-6,11,13-15,20,22-23H,7H2,(H,17,21,24)/t11-,13-,14-,15-/m1/s1. The fourth-order valence-electron chi connectivity index (χ4n) is 2.89. The van der Waals surface area contributed by atoms with Crippen molar-refractivity contribution in [3.05, 3.63) is 56.7 Å². The van der Waals surface area contributed by atoms with Gasteiger partial charge in [-0.1, -0.05) is 24.3 Å². The first-order chi connectivity index (χ1) is 12.0. The summed E-state index contributed by atoms with van der Waals surface area (Å²) in [5.74, 6) is 0. The number of benzene rings is 1. The van der Waals surface area contributed by atoms with Crippen molar-refractivity contribution in [1.29, 1.82) is 0 Å². The van der Waals surface area contributed by atoms with Crippen LogP contribution in [0.1, 0.15) is 16.6 Å². The maximum Gasteiger partial charge on any atom is 0.331 e. The van der Waals surface area contributed by atoms with E-state index in [-0.39, 0.29) is 11.3 Å². The Labute approximate surface area is 140 Å². The molecule has 0 amide bonds. The number of aldehydes is 1. The minimum Gasteiger partial charge on any atom is -0.394 e. The predicted octanol–water partition coefficient (Wildman–Crippen LogP) is -1.37. The van der Waals surface area contributed by atoms with Crippen molar-refractivity contribution in [3.63, 3.8) is 0 Å². The third-order valence-electron chi connectivity index (χ3n) is 4.11. The van der Waals surface area contributed by atoms with E-state index in [0.29, 0.717) is 11.8 Å². The van der Waals surface area contributed by atoms with Gasteiger partial charge >= 0.3 is 5.69 Å². The molecule has 1 aliphatic rings. The molecule has 1 saturated heterocycles. The second kappa shape index (κ2) is 6.73. The molecule has 1 aromatic heterocycles. The van der Waals surface area contributed by atoms with Gasteiger partial charge in [-0.3, -0.25) is 19.1 Å². The maximum atomic E-state index is 12.4. The Balaban J connectivity index is 2.23. The summed E-state index contributed by atoms with van der Waals surface area (Å²) in [7, 11) is 0. The van der Waals surface area contributed by atoms with E-state index in [4.69, 9.17) is 4.74 Å². The molecule has 9 heteroatoms. The molecule has 4 atom stereocenters. The Kier molecular flexibility index (Phi) is 4.64. The molecule has 132 valence electrons. The molecule has 2 aromatic rings. The van der Waals surface area contributed by atoms with E-state index in [1.165, 1.54) is 12.1 Å². The molecule has 1 fully saturated rings. The van der Waals surface area contributed by atoms with Gasteiger partial charge in [-0.25, -0.2) is 4.79 Å². The monoisotopic (exact) mass is 348 g/mol. The first kappa shape index (κ1) is 17.2. The van der Waals surface area contributed by atoms with Gasteiger partial charge in [-0.05, 0) is 0 Å². The van der Waals surface area contributed by atoms with Crippen LogP contribution in [0.25, 0.3) is 11.3 Å². The molecule has 4 N–H and O–H groups in total. The number of aromatic nitrogens is 2. The number of hydrogen-bond acceptors (Lipinski definition) is 7. The highest BCUT2D eigenvalue weighted by atomic mass is 16.6. The number of ether oxygens (including phenoxy) is 1. The fraction of sp³-hybridized carbons (Fsp3) is 0.312. The predicted molar refractivity (Wildman–Crippen MR) is 85.2 cm³/mol. The van der Waals surface area contributed by atoms with E-state index in [1.807, 2.05) is 0 Å². The lowest BCUT2D eigenvalue weighted by atomic mass is 10.0. The van der Waals surface area contributed by atoms with Crippen molar-refractivity contribution in [3.8, 4) is 11.3 Å². The number of H-pyrrole nitrogens is 1. The highest BCUT2D eigenvalue weighted by Crippen LogP contribution is 2.32. The summed E-state index contributed by atoms with van der Waals surface area (Å²) in [5.41, 5.74) is -1.00. The molecule has 3 rings (SSSR count). The van der Waals surface area contributed by atoms with Crippen LogP contribution in [0, 0.1) is 0 Å². The maximum absolute atomic E-state index is 12.4. The summed E-state index contributed by atoms with van der Waals surface area (Å²) >= 11 is 0. The summed E-state index contributed by atoms with van der Waals surface area (Å²) in [6.45, 7) is -0.562. The minimum atomic E-state index is -1.51. The average Bonchev–Trinajstić information content (AvgIpc) is 2.89. The number of carbonyl (C=O) groups is 1. The number of nitrogens with one attached hydrogen (secondary N) is 1. The summed E-state index contributed by atoms with van der Waals surface area (Å²) in [6.07, 6.45) is -4.78. The number of aliphatic hydroxyl groups excluding tert-OH is 3. The summed E-state index contributed by atoms with van der Waals surface area (Å²) in [6, 6.07) is 7.38. The van der Waals surface area contributed by atoms with E-state index >= 15 is 0 Å². The molecule has 0 radical (unpaired) electrons. The van der Waals surface area contributed by atoms with Crippen LogP contribution < -0.4 is 11.2 Å². The SMILES string of the molecule is O=Cc1ccccc1-c1cc(=O)[nH]c(=O)n1[C@@H]1O[C@H](CO)[C@@H](O)[C@H]1O. The van der Waals surface area contributed by atoms with Crippen LogP contribution in [0.5, 0.6) is 0 Å². The molecule has 9 nitrogen and oxygen atoms in total. The second-order valence-corrected chi connectivity index (χ2v) is 5.63.